The van der Waals surface area contributed by atoms with E-state index in [0.717, 1.165) is 34.2 Å². The van der Waals surface area contributed by atoms with Crippen molar-refractivity contribution in [3.8, 4) is 16.9 Å². The molecule has 0 atom stereocenters. The number of fused-ring (bicyclic) bond motifs is 1. The summed E-state index contributed by atoms with van der Waals surface area (Å²) in [5.74, 6) is 0.852. The number of benzene rings is 1. The van der Waals surface area contributed by atoms with Crippen LogP contribution in [0.2, 0.25) is 0 Å². The molecule has 20 heavy (non-hydrogen) atoms. The Labute approximate surface area is 117 Å². The summed E-state index contributed by atoms with van der Waals surface area (Å²) in [7, 11) is 1.66. The van der Waals surface area contributed by atoms with Gasteiger partial charge in [0.05, 0.1) is 12.8 Å². The molecule has 0 spiro atoms. The van der Waals surface area contributed by atoms with Crippen LogP contribution in [0.25, 0.3) is 16.6 Å². The second-order valence-corrected chi connectivity index (χ2v) is 4.74. The molecule has 100 valence electrons. The molecular formula is C17H15NO2. The number of nitrogens with zero attached hydrogens (tertiary/aromatic N) is 1. The number of carbonyl (C=O) groups excluding carboxylic acids is 1. The Hall–Kier alpha value is -2.55. The first-order valence-corrected chi connectivity index (χ1v) is 6.45. The van der Waals surface area contributed by atoms with Gasteiger partial charge in [0.15, 0.2) is 6.29 Å². The lowest BCUT2D eigenvalue weighted by Gasteiger charge is -2.07. The second-order valence-electron chi connectivity index (χ2n) is 4.74. The van der Waals surface area contributed by atoms with Crippen molar-refractivity contribution >= 4 is 11.8 Å². The Balaban J connectivity index is 2.23. The fourth-order valence-electron chi connectivity index (χ4n) is 2.54. The molecule has 0 saturated heterocycles. The zero-order chi connectivity index (χ0) is 14.1. The summed E-state index contributed by atoms with van der Waals surface area (Å²) in [6, 6.07) is 13.9. The van der Waals surface area contributed by atoms with Crippen LogP contribution in [-0.4, -0.2) is 17.8 Å². The van der Waals surface area contributed by atoms with Crippen molar-refractivity contribution in [3.63, 3.8) is 0 Å². The van der Waals surface area contributed by atoms with Crippen molar-refractivity contribution in [2.24, 2.45) is 0 Å². The molecule has 0 aliphatic heterocycles. The van der Waals surface area contributed by atoms with Gasteiger partial charge < -0.3 is 9.14 Å². The number of aryl methyl sites for hydroxylation is 1. The van der Waals surface area contributed by atoms with E-state index in [1.54, 1.807) is 7.11 Å². The van der Waals surface area contributed by atoms with Gasteiger partial charge in [0.25, 0.3) is 0 Å². The molecule has 0 radical (unpaired) electrons. The van der Waals surface area contributed by atoms with Crippen LogP contribution in [0.1, 0.15) is 16.1 Å². The zero-order valence-electron chi connectivity index (χ0n) is 11.5. The van der Waals surface area contributed by atoms with Crippen molar-refractivity contribution in [3.05, 3.63) is 59.9 Å². The Kier molecular flexibility index (Phi) is 3.03. The third-order valence-electron chi connectivity index (χ3n) is 3.54. The maximum atomic E-state index is 11.4. The number of rotatable bonds is 3. The SMILES string of the molecule is COc1ccc(-c2cc3ccccn3c2C=O)cc1C. The molecule has 0 unspecified atom stereocenters. The quantitative estimate of drug-likeness (QED) is 0.675. The van der Waals surface area contributed by atoms with Crippen LogP contribution in [0.3, 0.4) is 0 Å². The average molecular weight is 265 g/mol. The highest BCUT2D eigenvalue weighted by atomic mass is 16.5. The van der Waals surface area contributed by atoms with Gasteiger partial charge in [0.1, 0.15) is 5.75 Å². The summed E-state index contributed by atoms with van der Waals surface area (Å²) in [5, 5.41) is 0. The number of aromatic nitrogens is 1. The minimum absolute atomic E-state index is 0.671. The zero-order valence-corrected chi connectivity index (χ0v) is 11.5. The largest absolute Gasteiger partial charge is 0.496 e. The van der Waals surface area contributed by atoms with Gasteiger partial charge in [-0.05, 0) is 48.4 Å². The molecule has 0 amide bonds. The molecule has 3 nitrogen and oxygen atoms in total. The van der Waals surface area contributed by atoms with E-state index in [4.69, 9.17) is 4.74 Å². The van der Waals surface area contributed by atoms with Crippen molar-refractivity contribution in [1.29, 1.82) is 0 Å². The summed E-state index contributed by atoms with van der Waals surface area (Å²) in [6.45, 7) is 2.00. The molecule has 0 N–H and O–H groups in total. The molecule has 0 fully saturated rings. The van der Waals surface area contributed by atoms with Crippen LogP contribution in [0, 0.1) is 6.92 Å². The van der Waals surface area contributed by atoms with E-state index in [9.17, 15) is 4.79 Å². The number of pyridine rings is 1. The van der Waals surface area contributed by atoms with E-state index in [0.29, 0.717) is 5.69 Å². The third kappa shape index (κ3) is 1.88. The lowest BCUT2D eigenvalue weighted by Crippen LogP contribution is -1.92. The normalized spacial score (nSPS) is 10.7. The van der Waals surface area contributed by atoms with E-state index < -0.39 is 0 Å². The molecule has 0 aliphatic rings. The van der Waals surface area contributed by atoms with E-state index in [-0.39, 0.29) is 0 Å². The first kappa shape index (κ1) is 12.5. The molecule has 3 heteroatoms. The molecule has 0 bridgehead atoms. The lowest BCUT2D eigenvalue weighted by molar-refractivity contribution is 0.111. The third-order valence-corrected chi connectivity index (χ3v) is 3.54. The van der Waals surface area contributed by atoms with E-state index in [1.165, 1.54) is 0 Å². The topological polar surface area (TPSA) is 30.7 Å². The number of ether oxygens (including phenoxy) is 1. The Morgan fingerprint density at radius 2 is 2.00 bits per heavy atom. The van der Waals surface area contributed by atoms with E-state index in [1.807, 2.05) is 60.0 Å². The molecule has 0 saturated carbocycles. The second kappa shape index (κ2) is 4.85. The van der Waals surface area contributed by atoms with Crippen LogP contribution in [0.15, 0.2) is 48.7 Å². The molecule has 1 aromatic carbocycles. The van der Waals surface area contributed by atoms with Gasteiger partial charge in [0.2, 0.25) is 0 Å². The number of carbonyl (C=O) groups is 1. The van der Waals surface area contributed by atoms with Gasteiger partial charge in [-0.1, -0.05) is 12.1 Å². The number of hydrogen-bond donors (Lipinski definition) is 0. The summed E-state index contributed by atoms with van der Waals surface area (Å²) in [4.78, 5) is 11.4. The summed E-state index contributed by atoms with van der Waals surface area (Å²) in [5.41, 5.74) is 4.70. The molecule has 2 aromatic heterocycles. The van der Waals surface area contributed by atoms with Gasteiger partial charge in [-0.3, -0.25) is 4.79 Å². The maximum Gasteiger partial charge on any atom is 0.167 e. The standard InChI is InChI=1S/C17H15NO2/c1-12-9-13(6-7-17(12)20-2)15-10-14-5-3-4-8-18(14)16(15)11-19/h3-11H,1-2H3. The highest BCUT2D eigenvalue weighted by Crippen LogP contribution is 2.30. The van der Waals surface area contributed by atoms with Crippen LogP contribution < -0.4 is 4.74 Å². The molecular weight excluding hydrogens is 250 g/mol. The minimum atomic E-state index is 0.671. The van der Waals surface area contributed by atoms with Gasteiger partial charge in [-0.15, -0.1) is 0 Å². The average Bonchev–Trinajstić information content (AvgIpc) is 2.85. The molecule has 0 aliphatic carbocycles. The van der Waals surface area contributed by atoms with Crippen molar-refractivity contribution in [2.75, 3.05) is 7.11 Å². The summed E-state index contributed by atoms with van der Waals surface area (Å²) < 4.78 is 7.18. The molecule has 2 heterocycles. The first-order valence-electron chi connectivity index (χ1n) is 6.45. The molecule has 3 aromatic rings. The number of methoxy groups -OCH3 is 1. The van der Waals surface area contributed by atoms with E-state index in [2.05, 4.69) is 0 Å². The van der Waals surface area contributed by atoms with Crippen LogP contribution in [0.5, 0.6) is 5.75 Å². The Morgan fingerprint density at radius 1 is 1.15 bits per heavy atom. The summed E-state index contributed by atoms with van der Waals surface area (Å²) in [6.07, 6.45) is 2.81. The summed E-state index contributed by atoms with van der Waals surface area (Å²) >= 11 is 0. The number of aldehydes is 1. The van der Waals surface area contributed by atoms with Crippen LogP contribution in [-0.2, 0) is 0 Å². The monoisotopic (exact) mass is 265 g/mol. The predicted octanol–water partition coefficient (Wildman–Crippen LogP) is 3.74. The van der Waals surface area contributed by atoms with E-state index >= 15 is 0 Å². The predicted molar refractivity (Wildman–Crippen MR) is 79.5 cm³/mol. The van der Waals surface area contributed by atoms with Gasteiger partial charge in [0, 0.05) is 17.3 Å². The highest BCUT2D eigenvalue weighted by Gasteiger charge is 2.12. The Morgan fingerprint density at radius 3 is 2.70 bits per heavy atom. The Bertz CT molecular complexity index is 787. The highest BCUT2D eigenvalue weighted by molar-refractivity contribution is 5.90. The van der Waals surface area contributed by atoms with Crippen molar-refractivity contribution in [2.45, 2.75) is 6.92 Å². The van der Waals surface area contributed by atoms with Crippen LogP contribution >= 0.6 is 0 Å². The van der Waals surface area contributed by atoms with Gasteiger partial charge >= 0.3 is 0 Å². The van der Waals surface area contributed by atoms with Crippen LogP contribution in [0.4, 0.5) is 0 Å². The van der Waals surface area contributed by atoms with Gasteiger partial charge in [-0.25, -0.2) is 0 Å². The molecule has 3 rings (SSSR count). The smallest absolute Gasteiger partial charge is 0.167 e. The first-order chi connectivity index (χ1) is 9.74. The van der Waals surface area contributed by atoms with Gasteiger partial charge in [-0.2, -0.15) is 0 Å². The number of hydrogen-bond acceptors (Lipinski definition) is 2. The minimum Gasteiger partial charge on any atom is -0.496 e. The maximum absolute atomic E-state index is 11.4. The van der Waals surface area contributed by atoms with Crippen molar-refractivity contribution < 1.29 is 9.53 Å². The fraction of sp³-hybridized carbons (Fsp3) is 0.118. The lowest BCUT2D eigenvalue weighted by atomic mass is 10.0. The fourth-order valence-corrected chi connectivity index (χ4v) is 2.54. The van der Waals surface area contributed by atoms with Crippen molar-refractivity contribution in [1.82, 2.24) is 4.40 Å².